The lowest BCUT2D eigenvalue weighted by atomic mass is 10.1. The number of amides is 1. The molecule has 1 aromatic carbocycles. The second-order valence-corrected chi connectivity index (χ2v) is 4.76. The maximum Gasteiger partial charge on any atom is 0.237 e. The van der Waals surface area contributed by atoms with E-state index >= 15 is 0 Å². The number of nitrogens with two attached hydrogens (primary N) is 1. The van der Waals surface area contributed by atoms with Crippen molar-refractivity contribution in [1.82, 2.24) is 14.9 Å². The standard InChI is InChI=1S/C15H20N4O/c1-3-12(16)15(20)18-13(11-7-5-4-6-8-11)14-17-9-10-19(14)2/h4-10,12-13H,3,16H2,1-2H3,(H,18,20)/t12-,13?/m0/s1. The molecule has 0 radical (unpaired) electrons. The Morgan fingerprint density at radius 1 is 1.40 bits per heavy atom. The third-order valence-electron chi connectivity index (χ3n) is 3.31. The molecule has 2 aromatic rings. The van der Waals surface area contributed by atoms with E-state index in [0.29, 0.717) is 6.42 Å². The van der Waals surface area contributed by atoms with Crippen LogP contribution in [0.2, 0.25) is 0 Å². The van der Waals surface area contributed by atoms with E-state index in [1.165, 1.54) is 0 Å². The van der Waals surface area contributed by atoms with Gasteiger partial charge in [-0.1, -0.05) is 37.3 Å². The summed E-state index contributed by atoms with van der Waals surface area (Å²) in [6.07, 6.45) is 4.18. The number of benzene rings is 1. The molecule has 2 atom stereocenters. The number of nitrogens with one attached hydrogen (secondary N) is 1. The first kappa shape index (κ1) is 14.3. The highest BCUT2D eigenvalue weighted by atomic mass is 16.2. The van der Waals surface area contributed by atoms with Crippen LogP contribution in [0.1, 0.15) is 30.8 Å². The van der Waals surface area contributed by atoms with Gasteiger partial charge in [0.1, 0.15) is 11.9 Å². The van der Waals surface area contributed by atoms with Gasteiger partial charge in [-0.3, -0.25) is 4.79 Å². The Labute approximate surface area is 118 Å². The van der Waals surface area contributed by atoms with Crippen LogP contribution in [0.3, 0.4) is 0 Å². The quantitative estimate of drug-likeness (QED) is 0.863. The molecule has 2 rings (SSSR count). The fourth-order valence-electron chi connectivity index (χ4n) is 2.03. The molecule has 20 heavy (non-hydrogen) atoms. The lowest BCUT2D eigenvalue weighted by molar-refractivity contribution is -0.123. The molecule has 0 bridgehead atoms. The first-order chi connectivity index (χ1) is 9.63. The fraction of sp³-hybridized carbons (Fsp3) is 0.333. The highest BCUT2D eigenvalue weighted by Gasteiger charge is 2.22. The van der Waals surface area contributed by atoms with Crippen LogP contribution in [0.25, 0.3) is 0 Å². The molecular weight excluding hydrogens is 252 g/mol. The minimum atomic E-state index is -0.499. The Hall–Kier alpha value is -2.14. The zero-order valence-electron chi connectivity index (χ0n) is 11.8. The highest BCUT2D eigenvalue weighted by molar-refractivity contribution is 5.82. The summed E-state index contributed by atoms with van der Waals surface area (Å²) in [5.41, 5.74) is 6.78. The van der Waals surface area contributed by atoms with E-state index in [2.05, 4.69) is 10.3 Å². The number of carbonyl (C=O) groups is 1. The van der Waals surface area contributed by atoms with Gasteiger partial charge in [-0.2, -0.15) is 0 Å². The van der Waals surface area contributed by atoms with E-state index in [1.807, 2.05) is 55.1 Å². The van der Waals surface area contributed by atoms with Gasteiger partial charge in [0, 0.05) is 19.4 Å². The molecule has 5 heteroatoms. The number of hydrogen-bond acceptors (Lipinski definition) is 3. The Kier molecular flexibility index (Phi) is 4.53. The SMILES string of the molecule is CC[C@H](N)C(=O)NC(c1ccccc1)c1nccn1C. The van der Waals surface area contributed by atoms with Gasteiger partial charge in [-0.05, 0) is 12.0 Å². The molecule has 0 aliphatic rings. The smallest absolute Gasteiger partial charge is 0.237 e. The predicted molar refractivity (Wildman–Crippen MR) is 77.9 cm³/mol. The molecule has 0 aliphatic heterocycles. The molecule has 3 N–H and O–H groups in total. The lowest BCUT2D eigenvalue weighted by Crippen LogP contribution is -2.42. The zero-order valence-corrected chi connectivity index (χ0v) is 11.8. The third-order valence-corrected chi connectivity index (χ3v) is 3.31. The van der Waals surface area contributed by atoms with Crippen molar-refractivity contribution in [2.24, 2.45) is 12.8 Å². The van der Waals surface area contributed by atoms with Crippen molar-refractivity contribution in [3.63, 3.8) is 0 Å². The van der Waals surface area contributed by atoms with Gasteiger partial charge in [0.25, 0.3) is 0 Å². The van der Waals surface area contributed by atoms with Gasteiger partial charge in [-0.25, -0.2) is 4.98 Å². The van der Waals surface area contributed by atoms with Gasteiger partial charge >= 0.3 is 0 Å². The molecule has 1 unspecified atom stereocenters. The van der Waals surface area contributed by atoms with Crippen molar-refractivity contribution in [3.8, 4) is 0 Å². The molecule has 1 amide bonds. The summed E-state index contributed by atoms with van der Waals surface area (Å²) < 4.78 is 1.90. The van der Waals surface area contributed by atoms with Crippen LogP contribution in [0.15, 0.2) is 42.7 Å². The van der Waals surface area contributed by atoms with Crippen molar-refractivity contribution >= 4 is 5.91 Å². The van der Waals surface area contributed by atoms with Crippen LogP contribution in [-0.4, -0.2) is 21.5 Å². The number of imidazole rings is 1. The van der Waals surface area contributed by atoms with E-state index in [0.717, 1.165) is 11.4 Å². The highest BCUT2D eigenvalue weighted by Crippen LogP contribution is 2.20. The predicted octanol–water partition coefficient (Wildman–Crippen LogP) is 1.36. The molecule has 0 saturated heterocycles. The van der Waals surface area contributed by atoms with Gasteiger partial charge in [-0.15, -0.1) is 0 Å². The van der Waals surface area contributed by atoms with Crippen molar-refractivity contribution in [2.45, 2.75) is 25.4 Å². The van der Waals surface area contributed by atoms with Gasteiger partial charge in [0.15, 0.2) is 0 Å². The number of hydrogen-bond donors (Lipinski definition) is 2. The Morgan fingerprint density at radius 3 is 2.65 bits per heavy atom. The molecule has 0 aliphatic carbocycles. The molecule has 1 heterocycles. The number of rotatable bonds is 5. The Balaban J connectivity index is 2.31. The summed E-state index contributed by atoms with van der Waals surface area (Å²) in [4.78, 5) is 16.4. The molecule has 106 valence electrons. The zero-order chi connectivity index (χ0) is 14.5. The summed E-state index contributed by atoms with van der Waals surface area (Å²) in [6.45, 7) is 1.89. The van der Waals surface area contributed by atoms with Gasteiger partial charge in [0.2, 0.25) is 5.91 Å². The molecule has 0 fully saturated rings. The number of nitrogens with zero attached hydrogens (tertiary/aromatic N) is 2. The van der Waals surface area contributed by atoms with Crippen molar-refractivity contribution < 1.29 is 4.79 Å². The normalized spacial score (nSPS) is 13.8. The van der Waals surface area contributed by atoms with E-state index < -0.39 is 6.04 Å². The van der Waals surface area contributed by atoms with Crippen LogP contribution in [-0.2, 0) is 11.8 Å². The summed E-state index contributed by atoms with van der Waals surface area (Å²) in [5.74, 6) is 0.622. The number of aryl methyl sites for hydroxylation is 1. The average Bonchev–Trinajstić information content (AvgIpc) is 2.90. The topological polar surface area (TPSA) is 72.9 Å². The maximum atomic E-state index is 12.1. The van der Waals surface area contributed by atoms with Gasteiger partial charge in [0.05, 0.1) is 6.04 Å². The first-order valence-electron chi connectivity index (χ1n) is 6.71. The van der Waals surface area contributed by atoms with Crippen LogP contribution in [0, 0.1) is 0 Å². The van der Waals surface area contributed by atoms with Crippen LogP contribution in [0.4, 0.5) is 0 Å². The van der Waals surface area contributed by atoms with Crippen molar-refractivity contribution in [3.05, 3.63) is 54.1 Å². The minimum Gasteiger partial charge on any atom is -0.341 e. The fourth-order valence-corrected chi connectivity index (χ4v) is 2.03. The Morgan fingerprint density at radius 2 is 2.10 bits per heavy atom. The van der Waals surface area contributed by atoms with Gasteiger partial charge < -0.3 is 15.6 Å². The summed E-state index contributed by atoms with van der Waals surface area (Å²) in [6, 6.07) is 8.98. The molecule has 1 aromatic heterocycles. The maximum absolute atomic E-state index is 12.1. The average molecular weight is 272 g/mol. The number of carbonyl (C=O) groups excluding carboxylic acids is 1. The monoisotopic (exact) mass is 272 g/mol. The summed E-state index contributed by atoms with van der Waals surface area (Å²) in [7, 11) is 1.91. The molecule has 5 nitrogen and oxygen atoms in total. The second kappa shape index (κ2) is 6.34. The first-order valence-corrected chi connectivity index (χ1v) is 6.71. The van der Waals surface area contributed by atoms with Crippen LogP contribution < -0.4 is 11.1 Å². The van der Waals surface area contributed by atoms with E-state index in [-0.39, 0.29) is 11.9 Å². The van der Waals surface area contributed by atoms with Crippen molar-refractivity contribution in [1.29, 1.82) is 0 Å². The largest absolute Gasteiger partial charge is 0.341 e. The summed E-state index contributed by atoms with van der Waals surface area (Å²) in [5, 5.41) is 2.98. The second-order valence-electron chi connectivity index (χ2n) is 4.76. The van der Waals surface area contributed by atoms with Crippen LogP contribution in [0.5, 0.6) is 0 Å². The molecule has 0 spiro atoms. The molecular formula is C15H20N4O. The molecule has 0 saturated carbocycles. The third kappa shape index (κ3) is 3.05. The lowest BCUT2D eigenvalue weighted by Gasteiger charge is -2.21. The minimum absolute atomic E-state index is 0.163. The van der Waals surface area contributed by atoms with Crippen LogP contribution >= 0.6 is 0 Å². The number of aromatic nitrogens is 2. The summed E-state index contributed by atoms with van der Waals surface area (Å²) >= 11 is 0. The van der Waals surface area contributed by atoms with E-state index in [4.69, 9.17) is 5.73 Å². The van der Waals surface area contributed by atoms with E-state index in [1.54, 1.807) is 6.20 Å². The Bertz CT molecular complexity index is 564. The van der Waals surface area contributed by atoms with E-state index in [9.17, 15) is 4.79 Å². The van der Waals surface area contributed by atoms with Crippen molar-refractivity contribution in [2.75, 3.05) is 0 Å².